The van der Waals surface area contributed by atoms with Crippen LogP contribution < -0.4 is 0 Å². The number of rotatable bonds is 0. The van der Waals surface area contributed by atoms with Crippen LogP contribution in [0.1, 0.15) is 25.7 Å². The molecule has 12 heavy (non-hydrogen) atoms. The molecule has 2 heteroatoms. The molecule has 0 aromatic rings. The maximum absolute atomic E-state index is 11.0. The van der Waals surface area contributed by atoms with E-state index in [4.69, 9.17) is 0 Å². The summed E-state index contributed by atoms with van der Waals surface area (Å²) in [5.74, 6) is 1.61. The maximum Gasteiger partial charge on any atom is 0.223 e. The predicted octanol–water partition coefficient (Wildman–Crippen LogP) is 1.47. The van der Waals surface area contributed by atoms with Gasteiger partial charge in [-0.25, -0.2) is 0 Å². The second-order valence-electron chi connectivity index (χ2n) is 4.10. The van der Waals surface area contributed by atoms with Crippen molar-refractivity contribution in [2.75, 3.05) is 13.1 Å². The first-order valence-corrected chi connectivity index (χ1v) is 4.88. The second-order valence-corrected chi connectivity index (χ2v) is 4.10. The number of nitrogens with zero attached hydrogens (tertiary/aromatic N) is 1. The molecule has 1 heterocycles. The number of amides is 1. The Kier molecular flexibility index (Phi) is 2.07. The monoisotopic (exact) mass is 166 g/mol. The van der Waals surface area contributed by atoms with Gasteiger partial charge in [-0.15, -0.1) is 0 Å². The van der Waals surface area contributed by atoms with Crippen LogP contribution in [0.25, 0.3) is 0 Å². The SMILES string of the molecule is [CH2]C(=O)N1CC2CCCCC2C1. The molecule has 67 valence electrons. The van der Waals surface area contributed by atoms with Gasteiger partial charge in [0.2, 0.25) is 5.91 Å². The molecular formula is C10H16NO. The standard InChI is InChI=1S/C10H16NO/c1-8(12)11-6-9-4-2-3-5-10(9)7-11/h9-10H,1-7H2. The Hall–Kier alpha value is -0.530. The van der Waals surface area contributed by atoms with Crippen LogP contribution in [-0.2, 0) is 4.79 Å². The minimum Gasteiger partial charge on any atom is -0.342 e. The third kappa shape index (κ3) is 1.35. The van der Waals surface area contributed by atoms with Crippen LogP contribution in [-0.4, -0.2) is 23.9 Å². The Morgan fingerprint density at radius 3 is 2.08 bits per heavy atom. The summed E-state index contributed by atoms with van der Waals surface area (Å²) in [6.45, 7) is 5.42. The fourth-order valence-electron chi connectivity index (χ4n) is 2.61. The minimum atomic E-state index is 0.0180. The molecule has 1 saturated heterocycles. The van der Waals surface area contributed by atoms with Crippen molar-refractivity contribution in [1.29, 1.82) is 0 Å². The van der Waals surface area contributed by atoms with Gasteiger partial charge in [-0.1, -0.05) is 12.8 Å². The molecule has 1 aliphatic heterocycles. The van der Waals surface area contributed by atoms with E-state index in [1.54, 1.807) is 0 Å². The lowest BCUT2D eigenvalue weighted by Crippen LogP contribution is -2.26. The lowest BCUT2D eigenvalue weighted by Gasteiger charge is -2.22. The van der Waals surface area contributed by atoms with Crippen LogP contribution >= 0.6 is 0 Å². The smallest absolute Gasteiger partial charge is 0.223 e. The van der Waals surface area contributed by atoms with E-state index in [-0.39, 0.29) is 5.91 Å². The fraction of sp³-hybridized carbons (Fsp3) is 0.800. The average molecular weight is 166 g/mol. The Balaban J connectivity index is 1.98. The predicted molar refractivity (Wildman–Crippen MR) is 47.4 cm³/mol. The van der Waals surface area contributed by atoms with Crippen LogP contribution in [0.2, 0.25) is 0 Å². The molecule has 0 bridgehead atoms. The minimum absolute atomic E-state index is 0.0180. The van der Waals surface area contributed by atoms with Gasteiger partial charge in [0.15, 0.2) is 0 Å². The third-order valence-electron chi connectivity index (χ3n) is 3.33. The van der Waals surface area contributed by atoms with Crippen molar-refractivity contribution < 1.29 is 4.79 Å². The Morgan fingerprint density at radius 2 is 1.67 bits per heavy atom. The van der Waals surface area contributed by atoms with Gasteiger partial charge in [-0.2, -0.15) is 0 Å². The van der Waals surface area contributed by atoms with Crippen molar-refractivity contribution >= 4 is 5.91 Å². The molecule has 0 aromatic heterocycles. The lowest BCUT2D eigenvalue weighted by molar-refractivity contribution is -0.125. The van der Waals surface area contributed by atoms with E-state index in [0.717, 1.165) is 24.9 Å². The van der Waals surface area contributed by atoms with Crippen LogP contribution in [0.4, 0.5) is 0 Å². The zero-order valence-electron chi connectivity index (χ0n) is 7.46. The molecule has 0 aromatic carbocycles. The Morgan fingerprint density at radius 1 is 1.17 bits per heavy atom. The van der Waals surface area contributed by atoms with Gasteiger partial charge in [0, 0.05) is 20.0 Å². The number of carbonyl (C=O) groups excluding carboxylic acids is 1. The van der Waals surface area contributed by atoms with E-state index >= 15 is 0 Å². The molecule has 0 spiro atoms. The summed E-state index contributed by atoms with van der Waals surface area (Å²) in [7, 11) is 0. The summed E-state index contributed by atoms with van der Waals surface area (Å²) in [6, 6.07) is 0. The molecule has 2 aliphatic rings. The molecule has 2 nitrogen and oxygen atoms in total. The fourth-order valence-corrected chi connectivity index (χ4v) is 2.61. The van der Waals surface area contributed by atoms with Gasteiger partial charge in [0.25, 0.3) is 0 Å². The van der Waals surface area contributed by atoms with E-state index in [9.17, 15) is 4.79 Å². The summed E-state index contributed by atoms with van der Waals surface area (Å²) in [4.78, 5) is 12.9. The van der Waals surface area contributed by atoms with Crippen molar-refractivity contribution in [3.8, 4) is 0 Å². The number of carbonyl (C=O) groups is 1. The molecule has 0 N–H and O–H groups in total. The van der Waals surface area contributed by atoms with Crippen molar-refractivity contribution in [2.45, 2.75) is 25.7 Å². The Bertz CT molecular complexity index is 176. The first-order chi connectivity index (χ1) is 5.77. The van der Waals surface area contributed by atoms with Gasteiger partial charge in [0.05, 0.1) is 0 Å². The summed E-state index contributed by atoms with van der Waals surface area (Å²) >= 11 is 0. The molecule has 1 amide bonds. The van der Waals surface area contributed by atoms with Crippen LogP contribution in [0, 0.1) is 18.8 Å². The van der Waals surface area contributed by atoms with Crippen molar-refractivity contribution in [1.82, 2.24) is 4.90 Å². The zero-order valence-corrected chi connectivity index (χ0v) is 7.46. The molecule has 1 aliphatic carbocycles. The number of hydrogen-bond acceptors (Lipinski definition) is 1. The van der Waals surface area contributed by atoms with Crippen molar-refractivity contribution in [2.24, 2.45) is 11.8 Å². The van der Waals surface area contributed by atoms with Crippen LogP contribution in [0.15, 0.2) is 0 Å². The number of likely N-dealkylation sites (tertiary alicyclic amines) is 1. The molecule has 1 saturated carbocycles. The highest BCUT2D eigenvalue weighted by molar-refractivity contribution is 5.80. The van der Waals surface area contributed by atoms with Crippen LogP contribution in [0.3, 0.4) is 0 Å². The van der Waals surface area contributed by atoms with Gasteiger partial charge in [-0.05, 0) is 24.7 Å². The van der Waals surface area contributed by atoms with Crippen molar-refractivity contribution in [3.63, 3.8) is 0 Å². The number of hydrogen-bond donors (Lipinski definition) is 0. The number of fused-ring (bicyclic) bond motifs is 1. The third-order valence-corrected chi connectivity index (χ3v) is 3.33. The lowest BCUT2D eigenvalue weighted by atomic mass is 9.82. The van der Waals surface area contributed by atoms with E-state index < -0.39 is 0 Å². The highest BCUT2D eigenvalue weighted by atomic mass is 16.2. The summed E-state index contributed by atoms with van der Waals surface area (Å²) in [5, 5.41) is 0. The highest BCUT2D eigenvalue weighted by Crippen LogP contribution is 2.35. The second kappa shape index (κ2) is 3.08. The summed E-state index contributed by atoms with van der Waals surface area (Å²) < 4.78 is 0. The summed E-state index contributed by atoms with van der Waals surface area (Å²) in [6.07, 6.45) is 5.38. The largest absolute Gasteiger partial charge is 0.342 e. The molecular weight excluding hydrogens is 150 g/mol. The van der Waals surface area contributed by atoms with Gasteiger partial charge in [0.1, 0.15) is 0 Å². The van der Waals surface area contributed by atoms with Gasteiger partial charge >= 0.3 is 0 Å². The highest BCUT2D eigenvalue weighted by Gasteiger charge is 2.35. The normalized spacial score (nSPS) is 34.9. The van der Waals surface area contributed by atoms with E-state index in [0.29, 0.717) is 0 Å². The maximum atomic E-state index is 11.0. The summed E-state index contributed by atoms with van der Waals surface area (Å²) in [5.41, 5.74) is 0. The molecule has 2 fully saturated rings. The molecule has 2 atom stereocenters. The van der Waals surface area contributed by atoms with Gasteiger partial charge < -0.3 is 4.90 Å². The van der Waals surface area contributed by atoms with Crippen molar-refractivity contribution in [3.05, 3.63) is 6.92 Å². The molecule has 2 unspecified atom stereocenters. The quantitative estimate of drug-likeness (QED) is 0.533. The first-order valence-electron chi connectivity index (χ1n) is 4.88. The van der Waals surface area contributed by atoms with E-state index in [1.165, 1.54) is 25.7 Å². The Labute approximate surface area is 73.9 Å². The van der Waals surface area contributed by atoms with E-state index in [1.807, 2.05) is 4.90 Å². The molecule has 2 rings (SSSR count). The zero-order chi connectivity index (χ0) is 8.55. The first kappa shape index (κ1) is 8.09. The van der Waals surface area contributed by atoms with E-state index in [2.05, 4.69) is 6.92 Å². The van der Waals surface area contributed by atoms with Crippen LogP contribution in [0.5, 0.6) is 0 Å². The average Bonchev–Trinajstić information content (AvgIpc) is 2.46. The topological polar surface area (TPSA) is 20.3 Å². The van der Waals surface area contributed by atoms with Gasteiger partial charge in [-0.3, -0.25) is 4.79 Å². The molecule has 1 radical (unpaired) electrons.